The van der Waals surface area contributed by atoms with Crippen molar-refractivity contribution in [2.45, 2.75) is 6.10 Å². The number of fused-ring (bicyclic) bond motifs is 1. The SMILES string of the molecule is Clc1ccc(C2CN(c3nc4ccccc4o3)CCO2)cc1. The van der Waals surface area contributed by atoms with Crippen LogP contribution in [0.15, 0.2) is 52.9 Å². The number of anilines is 1. The van der Waals surface area contributed by atoms with Crippen LogP contribution in [-0.2, 0) is 4.74 Å². The summed E-state index contributed by atoms with van der Waals surface area (Å²) < 4.78 is 11.7. The average Bonchev–Trinajstić information content (AvgIpc) is 3.00. The Morgan fingerprint density at radius 1 is 1.09 bits per heavy atom. The van der Waals surface area contributed by atoms with Gasteiger partial charge < -0.3 is 14.1 Å². The summed E-state index contributed by atoms with van der Waals surface area (Å²) in [6, 6.07) is 16.2. The third kappa shape index (κ3) is 2.56. The Morgan fingerprint density at radius 2 is 1.91 bits per heavy atom. The van der Waals surface area contributed by atoms with Crippen LogP contribution < -0.4 is 4.90 Å². The molecule has 1 aromatic heterocycles. The van der Waals surface area contributed by atoms with Gasteiger partial charge in [0.25, 0.3) is 6.01 Å². The molecule has 0 radical (unpaired) electrons. The van der Waals surface area contributed by atoms with Gasteiger partial charge in [0.1, 0.15) is 11.6 Å². The second-order valence-electron chi connectivity index (χ2n) is 5.32. The maximum absolute atomic E-state index is 5.94. The molecule has 22 heavy (non-hydrogen) atoms. The lowest BCUT2D eigenvalue weighted by atomic mass is 10.1. The normalized spacial score (nSPS) is 18.8. The van der Waals surface area contributed by atoms with E-state index in [1.54, 1.807) is 0 Å². The van der Waals surface area contributed by atoms with Crippen molar-refractivity contribution in [3.05, 3.63) is 59.1 Å². The van der Waals surface area contributed by atoms with Gasteiger partial charge in [0, 0.05) is 11.6 Å². The molecule has 3 aromatic rings. The number of ether oxygens (including phenoxy) is 1. The van der Waals surface area contributed by atoms with Gasteiger partial charge in [-0.2, -0.15) is 4.98 Å². The van der Waals surface area contributed by atoms with Crippen LogP contribution in [0.2, 0.25) is 5.02 Å². The third-order valence-electron chi connectivity index (χ3n) is 3.86. The van der Waals surface area contributed by atoms with E-state index in [0.29, 0.717) is 19.2 Å². The molecule has 2 aromatic carbocycles. The van der Waals surface area contributed by atoms with Gasteiger partial charge in [0.05, 0.1) is 13.2 Å². The smallest absolute Gasteiger partial charge is 0.298 e. The van der Waals surface area contributed by atoms with E-state index in [1.165, 1.54) is 0 Å². The number of para-hydroxylation sites is 2. The minimum absolute atomic E-state index is 0.000953. The number of hydrogen-bond donors (Lipinski definition) is 0. The number of aromatic nitrogens is 1. The summed E-state index contributed by atoms with van der Waals surface area (Å²) in [4.78, 5) is 6.69. The van der Waals surface area contributed by atoms with E-state index in [9.17, 15) is 0 Å². The van der Waals surface area contributed by atoms with Gasteiger partial charge in [0.15, 0.2) is 5.58 Å². The van der Waals surface area contributed by atoms with Gasteiger partial charge in [-0.15, -0.1) is 0 Å². The largest absolute Gasteiger partial charge is 0.423 e. The zero-order valence-electron chi connectivity index (χ0n) is 11.9. The lowest BCUT2D eigenvalue weighted by Crippen LogP contribution is -2.38. The highest BCUT2D eigenvalue weighted by atomic mass is 35.5. The van der Waals surface area contributed by atoms with Crippen LogP contribution in [0.3, 0.4) is 0 Å². The monoisotopic (exact) mass is 314 g/mol. The van der Waals surface area contributed by atoms with Gasteiger partial charge in [-0.05, 0) is 29.8 Å². The summed E-state index contributed by atoms with van der Waals surface area (Å²) in [6.07, 6.45) is 0.000953. The van der Waals surface area contributed by atoms with Crippen molar-refractivity contribution in [3.8, 4) is 0 Å². The lowest BCUT2D eigenvalue weighted by molar-refractivity contribution is 0.0381. The zero-order valence-corrected chi connectivity index (χ0v) is 12.7. The molecule has 0 aliphatic carbocycles. The topological polar surface area (TPSA) is 38.5 Å². The molecule has 0 spiro atoms. The number of morpholine rings is 1. The van der Waals surface area contributed by atoms with Gasteiger partial charge in [0.2, 0.25) is 0 Å². The van der Waals surface area contributed by atoms with Crippen molar-refractivity contribution in [1.82, 2.24) is 4.98 Å². The van der Waals surface area contributed by atoms with E-state index in [1.807, 2.05) is 48.5 Å². The predicted molar refractivity (Wildman–Crippen MR) is 86.4 cm³/mol. The van der Waals surface area contributed by atoms with E-state index >= 15 is 0 Å². The first-order valence-corrected chi connectivity index (χ1v) is 7.65. The number of nitrogens with zero attached hydrogens (tertiary/aromatic N) is 2. The highest BCUT2D eigenvalue weighted by molar-refractivity contribution is 6.30. The van der Waals surface area contributed by atoms with Crippen molar-refractivity contribution in [2.24, 2.45) is 0 Å². The van der Waals surface area contributed by atoms with E-state index in [2.05, 4.69) is 9.88 Å². The Labute approximate surface area is 133 Å². The molecule has 4 nitrogen and oxygen atoms in total. The fourth-order valence-electron chi connectivity index (χ4n) is 2.70. The van der Waals surface area contributed by atoms with E-state index in [-0.39, 0.29) is 6.10 Å². The maximum Gasteiger partial charge on any atom is 0.298 e. The summed E-state index contributed by atoms with van der Waals surface area (Å²) in [6.45, 7) is 2.14. The maximum atomic E-state index is 5.94. The molecule has 1 aliphatic rings. The first-order valence-electron chi connectivity index (χ1n) is 7.27. The van der Waals surface area contributed by atoms with Crippen LogP contribution in [0, 0.1) is 0 Å². The molecule has 5 heteroatoms. The van der Waals surface area contributed by atoms with Gasteiger partial charge in [-0.25, -0.2) is 0 Å². The summed E-state index contributed by atoms with van der Waals surface area (Å²) in [5, 5.41) is 0.732. The highest BCUT2D eigenvalue weighted by Gasteiger charge is 2.25. The zero-order chi connectivity index (χ0) is 14.9. The van der Waals surface area contributed by atoms with Crippen LogP contribution >= 0.6 is 11.6 Å². The Bertz CT molecular complexity index is 752. The molecule has 0 bridgehead atoms. The lowest BCUT2D eigenvalue weighted by Gasteiger charge is -2.32. The van der Waals surface area contributed by atoms with Crippen molar-refractivity contribution < 1.29 is 9.15 Å². The minimum Gasteiger partial charge on any atom is -0.423 e. The van der Waals surface area contributed by atoms with Gasteiger partial charge >= 0.3 is 0 Å². The summed E-state index contributed by atoms with van der Waals surface area (Å²) in [7, 11) is 0. The summed E-state index contributed by atoms with van der Waals surface area (Å²) in [5.74, 6) is 0. The molecule has 112 valence electrons. The Balaban J connectivity index is 1.58. The second kappa shape index (κ2) is 5.63. The number of hydrogen-bond acceptors (Lipinski definition) is 4. The van der Waals surface area contributed by atoms with Crippen molar-refractivity contribution >= 4 is 28.7 Å². The van der Waals surface area contributed by atoms with E-state index in [4.69, 9.17) is 20.8 Å². The van der Waals surface area contributed by atoms with Crippen molar-refractivity contribution in [2.75, 3.05) is 24.6 Å². The standard InChI is InChI=1S/C17H15ClN2O2/c18-13-7-5-12(6-8-13)16-11-20(9-10-21-16)17-19-14-3-1-2-4-15(14)22-17/h1-8,16H,9-11H2. The fourth-order valence-corrected chi connectivity index (χ4v) is 2.82. The van der Waals surface area contributed by atoms with Crippen LogP contribution in [0.5, 0.6) is 0 Å². The molecular formula is C17H15ClN2O2. The number of oxazole rings is 1. The molecule has 0 saturated carbocycles. The molecule has 1 unspecified atom stereocenters. The third-order valence-corrected chi connectivity index (χ3v) is 4.11. The quantitative estimate of drug-likeness (QED) is 0.715. The van der Waals surface area contributed by atoms with Crippen LogP contribution in [0.4, 0.5) is 6.01 Å². The molecule has 2 heterocycles. The number of benzene rings is 2. The van der Waals surface area contributed by atoms with Crippen molar-refractivity contribution in [3.63, 3.8) is 0 Å². The second-order valence-corrected chi connectivity index (χ2v) is 5.76. The Morgan fingerprint density at radius 3 is 2.73 bits per heavy atom. The number of halogens is 1. The molecule has 1 fully saturated rings. The fraction of sp³-hybridized carbons (Fsp3) is 0.235. The first kappa shape index (κ1) is 13.6. The Hall–Kier alpha value is -2.04. The Kier molecular flexibility index (Phi) is 3.48. The van der Waals surface area contributed by atoms with Crippen LogP contribution in [-0.4, -0.2) is 24.7 Å². The number of rotatable bonds is 2. The molecular weight excluding hydrogens is 300 g/mol. The highest BCUT2D eigenvalue weighted by Crippen LogP contribution is 2.28. The van der Waals surface area contributed by atoms with Gasteiger partial charge in [-0.1, -0.05) is 35.9 Å². The van der Waals surface area contributed by atoms with Gasteiger partial charge in [-0.3, -0.25) is 0 Å². The van der Waals surface area contributed by atoms with Crippen LogP contribution in [0.1, 0.15) is 11.7 Å². The molecule has 1 saturated heterocycles. The minimum atomic E-state index is 0.000953. The summed E-state index contributed by atoms with van der Waals surface area (Å²) in [5.41, 5.74) is 2.81. The molecule has 1 aliphatic heterocycles. The summed E-state index contributed by atoms with van der Waals surface area (Å²) >= 11 is 5.94. The predicted octanol–water partition coefficient (Wildman–Crippen LogP) is 4.06. The molecule has 0 N–H and O–H groups in total. The average molecular weight is 315 g/mol. The van der Waals surface area contributed by atoms with E-state index < -0.39 is 0 Å². The molecule has 1 atom stereocenters. The van der Waals surface area contributed by atoms with Crippen molar-refractivity contribution in [1.29, 1.82) is 0 Å². The molecule has 0 amide bonds. The van der Waals surface area contributed by atoms with Crippen LogP contribution in [0.25, 0.3) is 11.1 Å². The van der Waals surface area contributed by atoms with E-state index in [0.717, 1.165) is 28.2 Å². The first-order chi connectivity index (χ1) is 10.8. The molecule has 4 rings (SSSR count).